The monoisotopic (exact) mass is 384 g/mol. The van der Waals surface area contributed by atoms with Gasteiger partial charge in [0.15, 0.2) is 11.9 Å². The molecule has 26 heavy (non-hydrogen) atoms. The van der Waals surface area contributed by atoms with Crippen molar-refractivity contribution in [2.24, 2.45) is 0 Å². The minimum absolute atomic E-state index is 0.157. The van der Waals surface area contributed by atoms with Gasteiger partial charge in [-0.05, 0) is 17.7 Å². The molecule has 0 aliphatic carbocycles. The SMILES string of the molecule is CCC1Nc2ccccc2-c2nnc(SCc3ccccc3Cl)nc2O1. The quantitative estimate of drug-likeness (QED) is 0.637. The molecule has 0 amide bonds. The van der Waals surface area contributed by atoms with E-state index < -0.39 is 0 Å². The molecule has 2 aromatic carbocycles. The van der Waals surface area contributed by atoms with E-state index >= 15 is 0 Å². The number of fused-ring (bicyclic) bond motifs is 3. The molecule has 1 aliphatic heterocycles. The third kappa shape index (κ3) is 3.48. The number of rotatable bonds is 4. The lowest BCUT2D eigenvalue weighted by Crippen LogP contribution is -2.24. The maximum atomic E-state index is 6.22. The first-order valence-electron chi connectivity index (χ1n) is 8.38. The number of ether oxygens (including phenoxy) is 1. The zero-order valence-electron chi connectivity index (χ0n) is 14.1. The molecule has 0 saturated carbocycles. The second-order valence-corrected chi connectivity index (χ2v) is 7.18. The Morgan fingerprint density at radius 3 is 2.77 bits per heavy atom. The summed E-state index contributed by atoms with van der Waals surface area (Å²) in [5.74, 6) is 1.18. The first-order chi connectivity index (χ1) is 12.7. The predicted molar refractivity (Wildman–Crippen MR) is 105 cm³/mol. The third-order valence-corrected chi connectivity index (χ3v) is 5.33. The molecule has 132 valence electrons. The van der Waals surface area contributed by atoms with Gasteiger partial charge in [-0.3, -0.25) is 0 Å². The van der Waals surface area contributed by atoms with Gasteiger partial charge in [-0.25, -0.2) is 0 Å². The fourth-order valence-corrected chi connectivity index (χ4v) is 3.77. The molecule has 3 aromatic rings. The van der Waals surface area contributed by atoms with Crippen molar-refractivity contribution in [2.75, 3.05) is 5.32 Å². The lowest BCUT2D eigenvalue weighted by molar-refractivity contribution is 0.216. The molecule has 0 radical (unpaired) electrons. The molecule has 0 spiro atoms. The van der Waals surface area contributed by atoms with Crippen LogP contribution in [0.15, 0.2) is 53.7 Å². The summed E-state index contributed by atoms with van der Waals surface area (Å²) in [5.41, 5.74) is 3.62. The minimum atomic E-state index is -0.157. The Hall–Kier alpha value is -2.31. The van der Waals surface area contributed by atoms with Crippen LogP contribution in [0.2, 0.25) is 5.02 Å². The second kappa shape index (κ2) is 7.51. The van der Waals surface area contributed by atoms with E-state index in [0.29, 0.717) is 22.5 Å². The zero-order chi connectivity index (χ0) is 17.9. The molecule has 1 aliphatic rings. The Morgan fingerprint density at radius 1 is 1.12 bits per heavy atom. The van der Waals surface area contributed by atoms with Gasteiger partial charge in [0, 0.05) is 28.4 Å². The van der Waals surface area contributed by atoms with E-state index in [2.05, 4.69) is 27.4 Å². The van der Waals surface area contributed by atoms with E-state index in [1.807, 2.05) is 48.5 Å². The summed E-state index contributed by atoms with van der Waals surface area (Å²) in [6.45, 7) is 2.06. The number of anilines is 1. The highest BCUT2D eigenvalue weighted by atomic mass is 35.5. The molecule has 1 atom stereocenters. The van der Waals surface area contributed by atoms with Crippen molar-refractivity contribution in [3.05, 3.63) is 59.1 Å². The van der Waals surface area contributed by atoms with Gasteiger partial charge in [-0.1, -0.05) is 66.7 Å². The fraction of sp³-hybridized carbons (Fsp3) is 0.211. The Balaban J connectivity index is 1.64. The summed E-state index contributed by atoms with van der Waals surface area (Å²) in [4.78, 5) is 4.60. The molecule has 5 nitrogen and oxygen atoms in total. The van der Waals surface area contributed by atoms with Crippen molar-refractivity contribution in [2.45, 2.75) is 30.5 Å². The Bertz CT molecular complexity index is 937. The molecule has 7 heteroatoms. The maximum Gasteiger partial charge on any atom is 0.247 e. The summed E-state index contributed by atoms with van der Waals surface area (Å²) < 4.78 is 6.04. The number of nitrogens with one attached hydrogen (secondary N) is 1. The topological polar surface area (TPSA) is 59.9 Å². The molecule has 0 bridgehead atoms. The van der Waals surface area contributed by atoms with Crippen molar-refractivity contribution in [1.29, 1.82) is 0 Å². The van der Waals surface area contributed by atoms with E-state index in [0.717, 1.165) is 28.3 Å². The van der Waals surface area contributed by atoms with Gasteiger partial charge >= 0.3 is 0 Å². The average Bonchev–Trinajstić information content (AvgIpc) is 2.83. The molecule has 1 aromatic heterocycles. The van der Waals surface area contributed by atoms with E-state index in [1.54, 1.807) is 0 Å². The van der Waals surface area contributed by atoms with Crippen LogP contribution >= 0.6 is 23.4 Å². The number of hydrogen-bond acceptors (Lipinski definition) is 6. The average molecular weight is 385 g/mol. The molecule has 4 rings (SSSR count). The first kappa shape index (κ1) is 17.1. The summed E-state index contributed by atoms with van der Waals surface area (Å²) in [6.07, 6.45) is 0.649. The smallest absolute Gasteiger partial charge is 0.247 e. The van der Waals surface area contributed by atoms with Crippen LogP contribution in [0.1, 0.15) is 18.9 Å². The van der Waals surface area contributed by atoms with Gasteiger partial charge in [-0.2, -0.15) is 4.98 Å². The Kier molecular flexibility index (Phi) is 4.95. The number of benzene rings is 2. The molecule has 2 heterocycles. The van der Waals surface area contributed by atoms with Crippen LogP contribution in [0.25, 0.3) is 11.3 Å². The van der Waals surface area contributed by atoms with Crippen LogP contribution < -0.4 is 10.1 Å². The lowest BCUT2D eigenvalue weighted by atomic mass is 10.1. The molecular weight excluding hydrogens is 368 g/mol. The van der Waals surface area contributed by atoms with Gasteiger partial charge in [0.25, 0.3) is 0 Å². The van der Waals surface area contributed by atoms with Crippen molar-refractivity contribution in [3.63, 3.8) is 0 Å². The Morgan fingerprint density at radius 2 is 1.92 bits per heavy atom. The van der Waals surface area contributed by atoms with E-state index in [4.69, 9.17) is 16.3 Å². The largest absolute Gasteiger partial charge is 0.452 e. The van der Waals surface area contributed by atoms with Crippen LogP contribution in [0.4, 0.5) is 5.69 Å². The van der Waals surface area contributed by atoms with Crippen LogP contribution in [-0.4, -0.2) is 21.4 Å². The fourth-order valence-electron chi connectivity index (χ4n) is 2.71. The Labute approximate surface area is 161 Å². The lowest BCUT2D eigenvalue weighted by Gasteiger charge is -2.16. The van der Waals surface area contributed by atoms with Crippen molar-refractivity contribution in [3.8, 4) is 17.1 Å². The van der Waals surface area contributed by atoms with Gasteiger partial charge < -0.3 is 10.1 Å². The highest BCUT2D eigenvalue weighted by Crippen LogP contribution is 2.37. The second-order valence-electron chi connectivity index (χ2n) is 5.83. The maximum absolute atomic E-state index is 6.22. The van der Waals surface area contributed by atoms with Crippen molar-refractivity contribution >= 4 is 29.1 Å². The number of hydrogen-bond donors (Lipinski definition) is 1. The summed E-state index contributed by atoms with van der Waals surface area (Å²) >= 11 is 7.71. The highest BCUT2D eigenvalue weighted by Gasteiger charge is 2.23. The molecule has 0 fully saturated rings. The molecule has 0 saturated heterocycles. The summed E-state index contributed by atoms with van der Waals surface area (Å²) in [6, 6.07) is 15.7. The van der Waals surface area contributed by atoms with Crippen LogP contribution in [0.3, 0.4) is 0 Å². The normalized spacial score (nSPS) is 15.2. The van der Waals surface area contributed by atoms with Crippen molar-refractivity contribution in [1.82, 2.24) is 15.2 Å². The van der Waals surface area contributed by atoms with Gasteiger partial charge in [-0.15, -0.1) is 10.2 Å². The summed E-state index contributed by atoms with van der Waals surface area (Å²) in [7, 11) is 0. The zero-order valence-corrected chi connectivity index (χ0v) is 15.7. The molecule has 1 N–H and O–H groups in total. The number of thioether (sulfide) groups is 1. The standard InChI is InChI=1S/C19H17ClN4OS/c1-2-16-21-15-10-6-4-8-13(15)17-18(25-16)22-19(24-23-17)26-11-12-7-3-5-9-14(12)20/h3-10,16,21H,2,11H2,1H3. The van der Waals surface area contributed by atoms with E-state index in [1.165, 1.54) is 11.8 Å². The van der Waals surface area contributed by atoms with Gasteiger partial charge in [0.05, 0.1) is 0 Å². The van der Waals surface area contributed by atoms with Gasteiger partial charge in [0.2, 0.25) is 11.0 Å². The summed E-state index contributed by atoms with van der Waals surface area (Å²) in [5, 5.41) is 13.4. The van der Waals surface area contributed by atoms with Crippen LogP contribution in [-0.2, 0) is 5.75 Å². The minimum Gasteiger partial charge on any atom is -0.452 e. The highest BCUT2D eigenvalue weighted by molar-refractivity contribution is 7.98. The van der Waals surface area contributed by atoms with Crippen molar-refractivity contribution < 1.29 is 4.74 Å². The van der Waals surface area contributed by atoms with Crippen LogP contribution in [0, 0.1) is 0 Å². The number of nitrogens with zero attached hydrogens (tertiary/aromatic N) is 3. The predicted octanol–water partition coefficient (Wildman–Crippen LogP) is 5.02. The number of halogens is 1. The van der Waals surface area contributed by atoms with Crippen LogP contribution in [0.5, 0.6) is 5.88 Å². The number of aromatic nitrogens is 3. The molecule has 1 unspecified atom stereocenters. The first-order valence-corrected chi connectivity index (χ1v) is 9.74. The van der Waals surface area contributed by atoms with Gasteiger partial charge in [0.1, 0.15) is 0 Å². The molecular formula is C19H17ClN4OS. The number of para-hydroxylation sites is 1. The van der Waals surface area contributed by atoms with E-state index in [9.17, 15) is 0 Å². The van der Waals surface area contributed by atoms with E-state index in [-0.39, 0.29) is 6.23 Å². The third-order valence-electron chi connectivity index (χ3n) is 4.07.